The maximum atomic E-state index is 12.5. The van der Waals surface area contributed by atoms with Gasteiger partial charge in [-0.05, 0) is 45.0 Å². The minimum atomic E-state index is -0.0575. The molecule has 1 atom stereocenters. The van der Waals surface area contributed by atoms with E-state index in [1.165, 1.54) is 0 Å². The highest BCUT2D eigenvalue weighted by atomic mass is 35.5. The van der Waals surface area contributed by atoms with E-state index in [1.807, 2.05) is 32.9 Å². The number of anilines is 1. The molecule has 1 aromatic carbocycles. The number of carbonyl (C=O) groups is 2. The lowest BCUT2D eigenvalue weighted by molar-refractivity contribution is -0.121. The Balaban J connectivity index is 0.00000264. The van der Waals surface area contributed by atoms with Crippen molar-refractivity contribution in [2.24, 2.45) is 11.8 Å². The first-order valence-corrected chi connectivity index (χ1v) is 7.98. The van der Waals surface area contributed by atoms with Crippen LogP contribution in [0.5, 0.6) is 0 Å². The molecule has 2 N–H and O–H groups in total. The van der Waals surface area contributed by atoms with Crippen molar-refractivity contribution in [1.29, 1.82) is 0 Å². The van der Waals surface area contributed by atoms with Crippen molar-refractivity contribution in [2.75, 3.05) is 31.5 Å². The Morgan fingerprint density at radius 1 is 1.26 bits per heavy atom. The van der Waals surface area contributed by atoms with Crippen LogP contribution in [0.2, 0.25) is 0 Å². The maximum absolute atomic E-state index is 12.5. The Morgan fingerprint density at radius 3 is 2.39 bits per heavy atom. The Bertz CT molecular complexity index is 542. The minimum Gasteiger partial charge on any atom is -0.339 e. The Morgan fingerprint density at radius 2 is 1.87 bits per heavy atom. The van der Waals surface area contributed by atoms with Gasteiger partial charge in [0.05, 0.1) is 11.3 Å². The molecule has 0 saturated carbocycles. The molecule has 0 bridgehead atoms. The van der Waals surface area contributed by atoms with Gasteiger partial charge in [-0.15, -0.1) is 12.4 Å². The molecule has 2 rings (SSSR count). The van der Waals surface area contributed by atoms with Gasteiger partial charge in [0.2, 0.25) is 5.91 Å². The quantitative estimate of drug-likeness (QED) is 0.836. The number of carbonyl (C=O) groups excluding carboxylic acids is 2. The standard InChI is InChI=1S/C17H25N3O2.ClH/c1-4-20(5-2)17(22)14-8-6-7-9-15(14)19-16(21)12(3)13-10-18-11-13;/h6-9,12-13,18H,4-5,10-11H2,1-3H3,(H,19,21);1H. The second-order valence-corrected chi connectivity index (χ2v) is 5.72. The molecule has 23 heavy (non-hydrogen) atoms. The van der Waals surface area contributed by atoms with Crippen molar-refractivity contribution in [3.8, 4) is 0 Å². The SMILES string of the molecule is CCN(CC)C(=O)c1ccccc1NC(=O)C(C)C1CNC1.Cl. The van der Waals surface area contributed by atoms with Crippen LogP contribution in [0, 0.1) is 11.8 Å². The molecule has 0 spiro atoms. The monoisotopic (exact) mass is 339 g/mol. The number of nitrogens with zero attached hydrogens (tertiary/aromatic N) is 1. The lowest BCUT2D eigenvalue weighted by atomic mass is 9.88. The molecule has 0 aromatic heterocycles. The zero-order chi connectivity index (χ0) is 16.1. The summed E-state index contributed by atoms with van der Waals surface area (Å²) in [4.78, 5) is 26.7. The van der Waals surface area contributed by atoms with Crippen molar-refractivity contribution >= 4 is 29.9 Å². The molecule has 1 aromatic rings. The number of para-hydroxylation sites is 1. The number of hydrogen-bond donors (Lipinski definition) is 2. The second kappa shape index (κ2) is 8.89. The van der Waals surface area contributed by atoms with Gasteiger partial charge in [0.25, 0.3) is 5.91 Å². The topological polar surface area (TPSA) is 61.4 Å². The molecule has 1 aliphatic heterocycles. The highest BCUT2D eigenvalue weighted by Crippen LogP contribution is 2.21. The summed E-state index contributed by atoms with van der Waals surface area (Å²) in [6, 6.07) is 7.22. The molecule has 6 heteroatoms. The summed E-state index contributed by atoms with van der Waals surface area (Å²) in [6.07, 6.45) is 0. The molecule has 1 fully saturated rings. The largest absolute Gasteiger partial charge is 0.339 e. The van der Waals surface area contributed by atoms with E-state index >= 15 is 0 Å². The summed E-state index contributed by atoms with van der Waals surface area (Å²) in [7, 11) is 0. The molecular formula is C17H26ClN3O2. The molecule has 1 aliphatic rings. The van der Waals surface area contributed by atoms with Gasteiger partial charge in [0.15, 0.2) is 0 Å². The molecule has 2 amide bonds. The lowest BCUT2D eigenvalue weighted by Crippen LogP contribution is -2.48. The zero-order valence-electron chi connectivity index (χ0n) is 14.0. The van der Waals surface area contributed by atoms with Crippen LogP contribution in [0.25, 0.3) is 0 Å². The predicted molar refractivity (Wildman–Crippen MR) is 95.1 cm³/mol. The van der Waals surface area contributed by atoms with Gasteiger partial charge in [0.1, 0.15) is 0 Å². The minimum absolute atomic E-state index is 0. The third-order valence-electron chi connectivity index (χ3n) is 4.40. The molecule has 5 nitrogen and oxygen atoms in total. The zero-order valence-corrected chi connectivity index (χ0v) is 14.8. The fourth-order valence-corrected chi connectivity index (χ4v) is 2.58. The molecule has 1 unspecified atom stereocenters. The first kappa shape index (κ1) is 19.5. The summed E-state index contributed by atoms with van der Waals surface area (Å²) in [5.74, 6) is 0.258. The van der Waals surface area contributed by atoms with E-state index in [4.69, 9.17) is 0 Å². The summed E-state index contributed by atoms with van der Waals surface area (Å²) < 4.78 is 0. The van der Waals surface area contributed by atoms with E-state index in [-0.39, 0.29) is 30.1 Å². The van der Waals surface area contributed by atoms with E-state index in [9.17, 15) is 9.59 Å². The van der Waals surface area contributed by atoms with Crippen LogP contribution in [-0.4, -0.2) is 42.9 Å². The van der Waals surface area contributed by atoms with Crippen LogP contribution in [0.1, 0.15) is 31.1 Å². The Kier molecular flexibility index (Phi) is 7.52. The Labute approximate surface area is 144 Å². The van der Waals surface area contributed by atoms with Gasteiger partial charge < -0.3 is 15.5 Å². The number of amides is 2. The number of hydrogen-bond acceptors (Lipinski definition) is 3. The smallest absolute Gasteiger partial charge is 0.255 e. The Hall–Kier alpha value is -1.59. The van der Waals surface area contributed by atoms with Gasteiger partial charge in [-0.25, -0.2) is 0 Å². The first-order chi connectivity index (χ1) is 10.6. The number of benzene rings is 1. The molecular weight excluding hydrogens is 314 g/mol. The van der Waals surface area contributed by atoms with E-state index < -0.39 is 0 Å². The maximum Gasteiger partial charge on any atom is 0.255 e. The molecule has 128 valence electrons. The van der Waals surface area contributed by atoms with Crippen LogP contribution in [0.3, 0.4) is 0 Å². The van der Waals surface area contributed by atoms with Crippen molar-refractivity contribution < 1.29 is 9.59 Å². The van der Waals surface area contributed by atoms with E-state index in [2.05, 4.69) is 10.6 Å². The van der Waals surface area contributed by atoms with E-state index in [1.54, 1.807) is 17.0 Å². The van der Waals surface area contributed by atoms with Crippen molar-refractivity contribution in [2.45, 2.75) is 20.8 Å². The van der Waals surface area contributed by atoms with Crippen molar-refractivity contribution in [1.82, 2.24) is 10.2 Å². The summed E-state index contributed by atoms with van der Waals surface area (Å²) in [5, 5.41) is 6.11. The van der Waals surface area contributed by atoms with Gasteiger partial charge in [-0.1, -0.05) is 19.1 Å². The van der Waals surface area contributed by atoms with Crippen LogP contribution in [0.4, 0.5) is 5.69 Å². The van der Waals surface area contributed by atoms with Crippen LogP contribution in [0.15, 0.2) is 24.3 Å². The second-order valence-electron chi connectivity index (χ2n) is 5.72. The molecule has 0 aliphatic carbocycles. The normalized spacial score (nSPS) is 15.1. The van der Waals surface area contributed by atoms with Crippen LogP contribution < -0.4 is 10.6 Å². The van der Waals surface area contributed by atoms with Gasteiger partial charge in [0, 0.05) is 19.0 Å². The lowest BCUT2D eigenvalue weighted by Gasteiger charge is -2.32. The highest BCUT2D eigenvalue weighted by Gasteiger charge is 2.29. The average molecular weight is 340 g/mol. The molecule has 1 saturated heterocycles. The summed E-state index contributed by atoms with van der Waals surface area (Å²) >= 11 is 0. The van der Waals surface area contributed by atoms with E-state index in [0.717, 1.165) is 13.1 Å². The number of rotatable bonds is 6. The third kappa shape index (κ3) is 4.45. The van der Waals surface area contributed by atoms with Crippen LogP contribution in [-0.2, 0) is 4.79 Å². The molecule has 1 heterocycles. The average Bonchev–Trinajstić information content (AvgIpc) is 2.47. The fourth-order valence-electron chi connectivity index (χ4n) is 2.58. The third-order valence-corrected chi connectivity index (χ3v) is 4.40. The van der Waals surface area contributed by atoms with Gasteiger partial charge in [-0.2, -0.15) is 0 Å². The molecule has 0 radical (unpaired) electrons. The van der Waals surface area contributed by atoms with Crippen molar-refractivity contribution in [3.63, 3.8) is 0 Å². The fraction of sp³-hybridized carbons (Fsp3) is 0.529. The number of nitrogens with one attached hydrogen (secondary N) is 2. The summed E-state index contributed by atoms with van der Waals surface area (Å²) in [5.41, 5.74) is 1.15. The van der Waals surface area contributed by atoms with Gasteiger partial charge in [-0.3, -0.25) is 9.59 Å². The van der Waals surface area contributed by atoms with E-state index in [0.29, 0.717) is 30.3 Å². The first-order valence-electron chi connectivity index (χ1n) is 7.98. The summed E-state index contributed by atoms with van der Waals surface area (Å²) in [6.45, 7) is 8.92. The number of halogens is 1. The van der Waals surface area contributed by atoms with Crippen LogP contribution >= 0.6 is 12.4 Å². The van der Waals surface area contributed by atoms with Gasteiger partial charge >= 0.3 is 0 Å². The highest BCUT2D eigenvalue weighted by molar-refractivity contribution is 6.04. The van der Waals surface area contributed by atoms with Crippen molar-refractivity contribution in [3.05, 3.63) is 29.8 Å². The predicted octanol–water partition coefficient (Wildman–Crippen LogP) is 2.38.